The number of methoxy groups -OCH3 is 2. The van der Waals surface area contributed by atoms with E-state index in [0.29, 0.717) is 23.9 Å². The molecular weight excluding hydrogens is 242 g/mol. The lowest BCUT2D eigenvalue weighted by Crippen LogP contribution is -2.17. The van der Waals surface area contributed by atoms with Crippen molar-refractivity contribution in [2.24, 2.45) is 5.73 Å². The van der Waals surface area contributed by atoms with Crippen molar-refractivity contribution >= 4 is 0 Å². The van der Waals surface area contributed by atoms with Crippen molar-refractivity contribution < 1.29 is 9.47 Å². The minimum atomic E-state index is -0.268. The van der Waals surface area contributed by atoms with Crippen molar-refractivity contribution in [2.45, 2.75) is 12.5 Å². The number of hydrogen-bond acceptors (Lipinski definition) is 5. The highest BCUT2D eigenvalue weighted by molar-refractivity contribution is 5.27. The molecule has 0 fully saturated rings. The molecule has 0 amide bonds. The Hall–Kier alpha value is -2.14. The van der Waals surface area contributed by atoms with Gasteiger partial charge < -0.3 is 15.2 Å². The van der Waals surface area contributed by atoms with Crippen molar-refractivity contribution in [2.75, 3.05) is 14.2 Å². The van der Waals surface area contributed by atoms with E-state index in [9.17, 15) is 0 Å². The molecule has 2 rings (SSSR count). The molecule has 1 aromatic carbocycles. The third kappa shape index (κ3) is 3.20. The van der Waals surface area contributed by atoms with E-state index >= 15 is 0 Å². The van der Waals surface area contributed by atoms with E-state index in [0.717, 1.165) is 5.56 Å². The Bertz CT molecular complexity index is 531. The Kier molecular flexibility index (Phi) is 4.30. The molecule has 0 bridgehead atoms. The van der Waals surface area contributed by atoms with Crippen LogP contribution in [0.2, 0.25) is 0 Å². The second-order valence-corrected chi connectivity index (χ2v) is 4.10. The van der Waals surface area contributed by atoms with Gasteiger partial charge in [0, 0.05) is 0 Å². The van der Waals surface area contributed by atoms with Crippen LogP contribution < -0.4 is 15.2 Å². The molecule has 0 spiro atoms. The zero-order chi connectivity index (χ0) is 13.7. The quantitative estimate of drug-likeness (QED) is 0.885. The first-order valence-electron chi connectivity index (χ1n) is 5.99. The van der Waals surface area contributed by atoms with Gasteiger partial charge in [-0.3, -0.25) is 0 Å². The van der Waals surface area contributed by atoms with Gasteiger partial charge in [0.15, 0.2) is 0 Å². The molecule has 0 saturated carbocycles. The summed E-state index contributed by atoms with van der Waals surface area (Å²) in [6.45, 7) is 0. The lowest BCUT2D eigenvalue weighted by molar-refractivity contribution is 0.353. The highest BCUT2D eigenvalue weighted by Crippen LogP contribution is 2.24. The first-order chi connectivity index (χ1) is 9.24. The van der Waals surface area contributed by atoms with Gasteiger partial charge in [-0.05, 0) is 12.0 Å². The number of nitrogens with zero attached hydrogens (tertiary/aromatic N) is 2. The molecule has 19 heavy (non-hydrogen) atoms. The molecule has 0 aliphatic carbocycles. The summed E-state index contributed by atoms with van der Waals surface area (Å²) in [5.41, 5.74) is 7.95. The van der Waals surface area contributed by atoms with Crippen molar-refractivity contribution in [1.29, 1.82) is 0 Å². The average Bonchev–Trinajstić information content (AvgIpc) is 2.47. The molecule has 1 unspecified atom stereocenters. The maximum Gasteiger partial charge on any atom is 0.240 e. The van der Waals surface area contributed by atoms with Crippen LogP contribution in [0.15, 0.2) is 36.5 Å². The van der Waals surface area contributed by atoms with Gasteiger partial charge in [-0.2, -0.15) is 4.98 Å². The van der Waals surface area contributed by atoms with E-state index < -0.39 is 0 Å². The Labute approximate surface area is 112 Å². The normalized spacial score (nSPS) is 11.9. The van der Waals surface area contributed by atoms with Gasteiger partial charge >= 0.3 is 0 Å². The number of rotatable bonds is 5. The minimum Gasteiger partial charge on any atom is -0.480 e. The van der Waals surface area contributed by atoms with Crippen LogP contribution in [-0.2, 0) is 6.42 Å². The van der Waals surface area contributed by atoms with Gasteiger partial charge in [-0.1, -0.05) is 30.3 Å². The van der Waals surface area contributed by atoms with E-state index in [-0.39, 0.29) is 6.04 Å². The highest BCUT2D eigenvalue weighted by Gasteiger charge is 2.16. The number of aromatic nitrogens is 2. The summed E-state index contributed by atoms with van der Waals surface area (Å²) in [6, 6.07) is 9.74. The lowest BCUT2D eigenvalue weighted by atomic mass is 10.0. The molecule has 0 aliphatic rings. The maximum atomic E-state index is 6.17. The fraction of sp³-hybridized carbons (Fsp3) is 0.286. The number of nitrogens with two attached hydrogens (primary N) is 1. The Morgan fingerprint density at radius 3 is 2.53 bits per heavy atom. The van der Waals surface area contributed by atoms with Gasteiger partial charge in [-0.25, -0.2) is 4.98 Å². The van der Waals surface area contributed by atoms with Crippen LogP contribution in [0.3, 0.4) is 0 Å². The molecule has 0 saturated heterocycles. The third-order valence-corrected chi connectivity index (χ3v) is 2.80. The second kappa shape index (κ2) is 6.15. The third-order valence-electron chi connectivity index (χ3n) is 2.80. The Morgan fingerprint density at radius 1 is 1.16 bits per heavy atom. The average molecular weight is 259 g/mol. The number of hydrogen-bond donors (Lipinski definition) is 1. The summed E-state index contributed by atoms with van der Waals surface area (Å²) in [5.74, 6) is 0.815. The monoisotopic (exact) mass is 259 g/mol. The molecule has 5 nitrogen and oxygen atoms in total. The van der Waals surface area contributed by atoms with Crippen LogP contribution in [0, 0.1) is 0 Å². The molecule has 1 aromatic heterocycles. The molecule has 0 aliphatic heterocycles. The van der Waals surface area contributed by atoms with E-state index in [4.69, 9.17) is 15.2 Å². The molecule has 1 atom stereocenters. The van der Waals surface area contributed by atoms with Crippen molar-refractivity contribution in [1.82, 2.24) is 9.97 Å². The zero-order valence-electron chi connectivity index (χ0n) is 11.0. The summed E-state index contributed by atoms with van der Waals surface area (Å²) in [6.07, 6.45) is 2.22. The molecule has 2 aromatic rings. The van der Waals surface area contributed by atoms with Gasteiger partial charge in [0.2, 0.25) is 11.8 Å². The van der Waals surface area contributed by atoms with Gasteiger partial charge in [-0.15, -0.1) is 0 Å². The number of ether oxygens (including phenoxy) is 2. The lowest BCUT2D eigenvalue weighted by Gasteiger charge is -2.14. The van der Waals surface area contributed by atoms with Crippen molar-refractivity contribution in [3.05, 3.63) is 47.8 Å². The Morgan fingerprint density at radius 2 is 1.89 bits per heavy atom. The summed E-state index contributed by atoms with van der Waals surface area (Å²) in [7, 11) is 3.08. The first kappa shape index (κ1) is 13.3. The van der Waals surface area contributed by atoms with Crippen LogP contribution in [0.25, 0.3) is 0 Å². The van der Waals surface area contributed by atoms with Crippen LogP contribution in [0.5, 0.6) is 11.8 Å². The SMILES string of the molecule is COc1cnc(C(N)Cc2ccccc2)c(OC)n1. The second-order valence-electron chi connectivity index (χ2n) is 4.10. The fourth-order valence-corrected chi connectivity index (χ4v) is 1.83. The molecule has 2 N–H and O–H groups in total. The van der Waals surface area contributed by atoms with Crippen LogP contribution in [0.4, 0.5) is 0 Å². The predicted octanol–water partition coefficient (Wildman–Crippen LogP) is 1.74. The molecule has 1 heterocycles. The van der Waals surface area contributed by atoms with Gasteiger partial charge in [0.25, 0.3) is 0 Å². The van der Waals surface area contributed by atoms with Gasteiger partial charge in [0.05, 0.1) is 26.5 Å². The van der Waals surface area contributed by atoms with E-state index in [1.165, 1.54) is 7.11 Å². The maximum absolute atomic E-state index is 6.17. The molecule has 100 valence electrons. The van der Waals surface area contributed by atoms with Crippen LogP contribution in [0.1, 0.15) is 17.3 Å². The number of benzene rings is 1. The molecule has 5 heteroatoms. The predicted molar refractivity (Wildman–Crippen MR) is 72.2 cm³/mol. The van der Waals surface area contributed by atoms with Crippen molar-refractivity contribution in [3.63, 3.8) is 0 Å². The highest BCUT2D eigenvalue weighted by atomic mass is 16.5. The van der Waals surface area contributed by atoms with E-state index in [1.807, 2.05) is 30.3 Å². The largest absolute Gasteiger partial charge is 0.480 e. The van der Waals surface area contributed by atoms with Crippen LogP contribution >= 0.6 is 0 Å². The van der Waals surface area contributed by atoms with E-state index in [1.54, 1.807) is 13.3 Å². The standard InChI is InChI=1S/C14H17N3O2/c1-18-12-9-16-13(14(17-12)19-2)11(15)8-10-6-4-3-5-7-10/h3-7,9,11H,8,15H2,1-2H3. The summed E-state index contributed by atoms with van der Waals surface area (Å²) < 4.78 is 10.2. The minimum absolute atomic E-state index is 0.268. The summed E-state index contributed by atoms with van der Waals surface area (Å²) in [5, 5.41) is 0. The Balaban J connectivity index is 2.21. The summed E-state index contributed by atoms with van der Waals surface area (Å²) in [4.78, 5) is 8.46. The molecular formula is C14H17N3O2. The zero-order valence-corrected chi connectivity index (χ0v) is 11.0. The van der Waals surface area contributed by atoms with Crippen molar-refractivity contribution in [3.8, 4) is 11.8 Å². The van der Waals surface area contributed by atoms with Gasteiger partial charge in [0.1, 0.15) is 5.69 Å². The van der Waals surface area contributed by atoms with Crippen LogP contribution in [-0.4, -0.2) is 24.2 Å². The summed E-state index contributed by atoms with van der Waals surface area (Å²) >= 11 is 0. The molecule has 0 radical (unpaired) electrons. The first-order valence-corrected chi connectivity index (χ1v) is 5.99. The van der Waals surface area contributed by atoms with E-state index in [2.05, 4.69) is 9.97 Å². The fourth-order valence-electron chi connectivity index (χ4n) is 1.83. The smallest absolute Gasteiger partial charge is 0.240 e. The topological polar surface area (TPSA) is 70.3 Å².